The molecule has 0 bridgehead atoms. The summed E-state index contributed by atoms with van der Waals surface area (Å²) in [6.45, 7) is 1.47. The second-order valence-corrected chi connectivity index (χ2v) is 6.00. The minimum absolute atomic E-state index is 0.106. The standard InChI is InChI=1S/C20H16N4O2/c1-12(25)22-13-4-6-14(7-5-13)23-15-8-9-17-18(11-15)16-3-2-10-21-19(16)24-20(17)26/h2-11,23H,1H3,(H,22,25)(H,21,24,26). The van der Waals surface area contributed by atoms with E-state index in [0.717, 1.165) is 27.8 Å². The molecule has 26 heavy (non-hydrogen) atoms. The molecular formula is C20H16N4O2. The Labute approximate surface area is 148 Å². The summed E-state index contributed by atoms with van der Waals surface area (Å²) in [5, 5.41) is 8.41. The molecule has 2 aromatic carbocycles. The number of anilines is 3. The van der Waals surface area contributed by atoms with Crippen molar-refractivity contribution in [2.75, 3.05) is 10.6 Å². The number of aromatic nitrogens is 2. The van der Waals surface area contributed by atoms with E-state index in [-0.39, 0.29) is 11.5 Å². The molecule has 0 aliphatic rings. The molecule has 0 spiro atoms. The van der Waals surface area contributed by atoms with Crippen molar-refractivity contribution in [3.63, 3.8) is 0 Å². The molecule has 1 amide bonds. The molecule has 0 atom stereocenters. The lowest BCUT2D eigenvalue weighted by molar-refractivity contribution is -0.114. The van der Waals surface area contributed by atoms with Crippen molar-refractivity contribution in [1.82, 2.24) is 9.97 Å². The molecule has 2 heterocycles. The van der Waals surface area contributed by atoms with Gasteiger partial charge < -0.3 is 15.6 Å². The van der Waals surface area contributed by atoms with Gasteiger partial charge in [-0.2, -0.15) is 0 Å². The normalized spacial score (nSPS) is 10.8. The summed E-state index contributed by atoms with van der Waals surface area (Å²) in [6.07, 6.45) is 1.66. The van der Waals surface area contributed by atoms with E-state index in [2.05, 4.69) is 20.6 Å². The molecule has 6 nitrogen and oxygen atoms in total. The first-order chi connectivity index (χ1) is 12.6. The zero-order chi connectivity index (χ0) is 18.1. The van der Waals surface area contributed by atoms with Crippen LogP contribution in [0.5, 0.6) is 0 Å². The number of hydrogen-bond acceptors (Lipinski definition) is 4. The van der Waals surface area contributed by atoms with Crippen molar-refractivity contribution in [2.45, 2.75) is 6.92 Å². The fourth-order valence-corrected chi connectivity index (χ4v) is 2.95. The number of aromatic amines is 1. The number of fused-ring (bicyclic) bond motifs is 3. The molecule has 3 N–H and O–H groups in total. The van der Waals surface area contributed by atoms with Gasteiger partial charge in [0.05, 0.1) is 0 Å². The van der Waals surface area contributed by atoms with Gasteiger partial charge in [0.15, 0.2) is 0 Å². The van der Waals surface area contributed by atoms with Gasteiger partial charge in [0, 0.05) is 46.3 Å². The molecule has 0 saturated carbocycles. The number of carbonyl (C=O) groups is 1. The maximum absolute atomic E-state index is 12.2. The van der Waals surface area contributed by atoms with Gasteiger partial charge in [0.2, 0.25) is 5.91 Å². The number of benzene rings is 2. The highest BCUT2D eigenvalue weighted by Gasteiger charge is 2.07. The van der Waals surface area contributed by atoms with Crippen molar-refractivity contribution >= 4 is 44.8 Å². The van der Waals surface area contributed by atoms with E-state index in [4.69, 9.17) is 0 Å². The van der Waals surface area contributed by atoms with Gasteiger partial charge in [-0.15, -0.1) is 0 Å². The van der Waals surface area contributed by atoms with Crippen LogP contribution in [0.1, 0.15) is 6.92 Å². The van der Waals surface area contributed by atoms with Crippen LogP contribution in [0, 0.1) is 0 Å². The van der Waals surface area contributed by atoms with Crippen molar-refractivity contribution in [3.05, 3.63) is 71.1 Å². The number of rotatable bonds is 3. The first-order valence-corrected chi connectivity index (χ1v) is 8.15. The van der Waals surface area contributed by atoms with Crippen LogP contribution in [-0.4, -0.2) is 15.9 Å². The summed E-state index contributed by atoms with van der Waals surface area (Å²) in [5.41, 5.74) is 2.90. The topological polar surface area (TPSA) is 86.9 Å². The highest BCUT2D eigenvalue weighted by molar-refractivity contribution is 6.05. The van der Waals surface area contributed by atoms with Gasteiger partial charge in [-0.1, -0.05) is 0 Å². The van der Waals surface area contributed by atoms with E-state index in [1.165, 1.54) is 6.92 Å². The molecule has 0 radical (unpaired) electrons. The van der Waals surface area contributed by atoms with Crippen molar-refractivity contribution in [1.29, 1.82) is 0 Å². The first-order valence-electron chi connectivity index (χ1n) is 8.15. The molecule has 0 aliphatic carbocycles. The van der Waals surface area contributed by atoms with Crippen LogP contribution < -0.4 is 16.2 Å². The van der Waals surface area contributed by atoms with Gasteiger partial charge >= 0.3 is 0 Å². The Kier molecular flexibility index (Phi) is 3.85. The number of pyridine rings is 2. The van der Waals surface area contributed by atoms with Crippen molar-refractivity contribution in [3.8, 4) is 0 Å². The summed E-state index contributed by atoms with van der Waals surface area (Å²) >= 11 is 0. The molecule has 4 aromatic rings. The van der Waals surface area contributed by atoms with E-state index >= 15 is 0 Å². The minimum atomic E-state index is -0.155. The third-order valence-electron chi connectivity index (χ3n) is 4.09. The molecule has 128 valence electrons. The predicted molar refractivity (Wildman–Crippen MR) is 104 cm³/mol. The lowest BCUT2D eigenvalue weighted by Crippen LogP contribution is -2.07. The van der Waals surface area contributed by atoms with Crippen LogP contribution in [0.15, 0.2) is 65.6 Å². The van der Waals surface area contributed by atoms with Crippen LogP contribution >= 0.6 is 0 Å². The average molecular weight is 344 g/mol. The Morgan fingerprint density at radius 2 is 1.65 bits per heavy atom. The number of nitrogens with one attached hydrogen (secondary N) is 3. The maximum Gasteiger partial charge on any atom is 0.257 e. The SMILES string of the molecule is CC(=O)Nc1ccc(Nc2ccc3c(=O)[nH]c4ncccc4c3c2)cc1. The lowest BCUT2D eigenvalue weighted by atomic mass is 10.1. The Balaban J connectivity index is 1.72. The van der Waals surface area contributed by atoms with Crippen molar-refractivity contribution in [2.24, 2.45) is 0 Å². The Hall–Kier alpha value is -3.67. The van der Waals surface area contributed by atoms with Gasteiger partial charge in [-0.25, -0.2) is 4.98 Å². The van der Waals surface area contributed by atoms with Crippen LogP contribution in [0.3, 0.4) is 0 Å². The largest absolute Gasteiger partial charge is 0.356 e. The highest BCUT2D eigenvalue weighted by Crippen LogP contribution is 2.25. The van der Waals surface area contributed by atoms with Crippen LogP contribution in [-0.2, 0) is 4.79 Å². The van der Waals surface area contributed by atoms with E-state index < -0.39 is 0 Å². The quantitative estimate of drug-likeness (QED) is 0.494. The van der Waals surface area contributed by atoms with Crippen molar-refractivity contribution < 1.29 is 4.79 Å². The first kappa shape index (κ1) is 15.8. The maximum atomic E-state index is 12.2. The van der Waals surface area contributed by atoms with Gasteiger partial charge in [0.1, 0.15) is 5.65 Å². The molecule has 6 heteroatoms. The number of hydrogen-bond donors (Lipinski definition) is 3. The molecule has 0 saturated heterocycles. The summed E-state index contributed by atoms with van der Waals surface area (Å²) in [7, 11) is 0. The van der Waals surface area contributed by atoms with E-state index in [0.29, 0.717) is 11.0 Å². The molecule has 0 fully saturated rings. The predicted octanol–water partition coefficient (Wildman–Crippen LogP) is 3.78. The Morgan fingerprint density at radius 1 is 0.923 bits per heavy atom. The smallest absolute Gasteiger partial charge is 0.257 e. The van der Waals surface area contributed by atoms with Crippen LogP contribution in [0.4, 0.5) is 17.1 Å². The summed E-state index contributed by atoms with van der Waals surface area (Å²) in [6, 6.07) is 16.8. The number of nitrogens with zero attached hydrogens (tertiary/aromatic N) is 1. The summed E-state index contributed by atoms with van der Waals surface area (Å²) in [5.74, 6) is -0.106. The highest BCUT2D eigenvalue weighted by atomic mass is 16.1. The Bertz CT molecular complexity index is 1180. The molecule has 4 rings (SSSR count). The number of amides is 1. The molecule has 0 aliphatic heterocycles. The van der Waals surface area contributed by atoms with Gasteiger partial charge in [0.25, 0.3) is 5.56 Å². The summed E-state index contributed by atoms with van der Waals surface area (Å²) in [4.78, 5) is 30.4. The average Bonchev–Trinajstić information content (AvgIpc) is 2.63. The van der Waals surface area contributed by atoms with Gasteiger partial charge in [-0.05, 0) is 54.6 Å². The third-order valence-corrected chi connectivity index (χ3v) is 4.09. The zero-order valence-corrected chi connectivity index (χ0v) is 14.0. The minimum Gasteiger partial charge on any atom is -0.356 e. The second kappa shape index (κ2) is 6.33. The van der Waals surface area contributed by atoms with E-state index in [1.807, 2.05) is 48.5 Å². The number of H-pyrrole nitrogens is 1. The van der Waals surface area contributed by atoms with E-state index in [1.54, 1.807) is 12.3 Å². The van der Waals surface area contributed by atoms with Gasteiger partial charge in [-0.3, -0.25) is 9.59 Å². The summed E-state index contributed by atoms with van der Waals surface area (Å²) < 4.78 is 0. The number of carbonyl (C=O) groups excluding carboxylic acids is 1. The van der Waals surface area contributed by atoms with Crippen LogP contribution in [0.25, 0.3) is 21.8 Å². The lowest BCUT2D eigenvalue weighted by Gasteiger charge is -2.10. The second-order valence-electron chi connectivity index (χ2n) is 6.00. The zero-order valence-electron chi connectivity index (χ0n) is 14.0. The molecule has 2 aromatic heterocycles. The monoisotopic (exact) mass is 344 g/mol. The fraction of sp³-hybridized carbons (Fsp3) is 0.0500. The molecule has 0 unspecified atom stereocenters. The third kappa shape index (κ3) is 3.00. The molecular weight excluding hydrogens is 328 g/mol. The van der Waals surface area contributed by atoms with Crippen LogP contribution in [0.2, 0.25) is 0 Å². The fourth-order valence-electron chi connectivity index (χ4n) is 2.95. The van der Waals surface area contributed by atoms with E-state index in [9.17, 15) is 9.59 Å². The Morgan fingerprint density at radius 3 is 2.42 bits per heavy atom.